The molecule has 0 aliphatic rings. The number of carbonyl (C=O) groups excluding carboxylic acids is 2. The van der Waals surface area contributed by atoms with Crippen LogP contribution in [0.25, 0.3) is 10.9 Å². The van der Waals surface area contributed by atoms with Crippen LogP contribution < -0.4 is 4.74 Å². The number of hydrogen-bond donors (Lipinski definition) is 0. The lowest BCUT2D eigenvalue weighted by Crippen LogP contribution is -2.06. The highest BCUT2D eigenvalue weighted by molar-refractivity contribution is 6.83. The zero-order valence-corrected chi connectivity index (χ0v) is 13.5. The first-order valence-corrected chi connectivity index (χ1v) is 7.53. The van der Waals surface area contributed by atoms with Gasteiger partial charge in [0.1, 0.15) is 11.6 Å². The third-order valence-electron chi connectivity index (χ3n) is 3.78. The largest absolute Gasteiger partial charge is 0.497 e. The summed E-state index contributed by atoms with van der Waals surface area (Å²) in [6, 6.07) is 11.3. The molecule has 0 aliphatic heterocycles. The lowest BCUT2D eigenvalue weighted by atomic mass is 10.1. The van der Waals surface area contributed by atoms with Gasteiger partial charge >= 0.3 is 0 Å². The van der Waals surface area contributed by atoms with Crippen LogP contribution in [0.4, 0.5) is 4.39 Å². The van der Waals surface area contributed by atoms with Crippen LogP contribution in [0.3, 0.4) is 0 Å². The second kappa shape index (κ2) is 6.45. The first kappa shape index (κ1) is 16.2. The fraction of sp³-hybridized carbons (Fsp3) is 0.111. The third-order valence-corrected chi connectivity index (χ3v) is 3.95. The molecular formula is C18H13ClFNO3. The number of fused-ring (bicyclic) bond motifs is 1. The first-order chi connectivity index (χ1) is 11.5. The Hall–Kier alpha value is -2.66. The summed E-state index contributed by atoms with van der Waals surface area (Å²) in [6.45, 7) is 0.423. The Morgan fingerprint density at radius 2 is 1.88 bits per heavy atom. The van der Waals surface area contributed by atoms with Crippen LogP contribution in [0.5, 0.6) is 5.75 Å². The molecule has 0 spiro atoms. The third kappa shape index (κ3) is 3.03. The van der Waals surface area contributed by atoms with Crippen LogP contribution in [-0.2, 0) is 11.3 Å². The zero-order valence-electron chi connectivity index (χ0n) is 12.8. The molecule has 0 saturated carbocycles. The van der Waals surface area contributed by atoms with Crippen molar-refractivity contribution >= 4 is 33.5 Å². The monoisotopic (exact) mass is 345 g/mol. The van der Waals surface area contributed by atoms with Crippen molar-refractivity contribution < 1.29 is 18.7 Å². The second-order valence-corrected chi connectivity index (χ2v) is 5.63. The Morgan fingerprint density at radius 1 is 1.17 bits per heavy atom. The number of hydrogen-bond acceptors (Lipinski definition) is 3. The summed E-state index contributed by atoms with van der Waals surface area (Å²) < 4.78 is 20.0. The number of aromatic nitrogens is 1. The number of ether oxygens (including phenoxy) is 1. The van der Waals surface area contributed by atoms with Crippen molar-refractivity contribution in [2.75, 3.05) is 7.11 Å². The number of benzene rings is 2. The minimum absolute atomic E-state index is 0.214. The molecule has 3 rings (SSSR count). The summed E-state index contributed by atoms with van der Waals surface area (Å²) in [5.41, 5.74) is 1.83. The molecule has 0 aliphatic carbocycles. The Morgan fingerprint density at radius 3 is 2.50 bits per heavy atom. The molecule has 4 nitrogen and oxygen atoms in total. The molecule has 0 unspecified atom stereocenters. The summed E-state index contributed by atoms with van der Waals surface area (Å²) in [7, 11) is 1.52. The second-order valence-electron chi connectivity index (χ2n) is 5.28. The van der Waals surface area contributed by atoms with Gasteiger partial charge in [-0.25, -0.2) is 4.39 Å². The summed E-state index contributed by atoms with van der Waals surface area (Å²) in [6.07, 6.45) is 1.58. The first-order valence-electron chi connectivity index (χ1n) is 7.15. The average molecular weight is 346 g/mol. The van der Waals surface area contributed by atoms with E-state index >= 15 is 0 Å². The number of Topliss-reactive ketones (excluding diaryl/α,β-unsaturated/α-hetero) is 1. The molecule has 3 aromatic rings. The van der Waals surface area contributed by atoms with Crippen LogP contribution in [0.1, 0.15) is 15.9 Å². The molecule has 122 valence electrons. The molecule has 0 amide bonds. The van der Waals surface area contributed by atoms with Gasteiger partial charge in [0.25, 0.3) is 5.24 Å². The zero-order chi connectivity index (χ0) is 17.3. The number of nitrogens with zero attached hydrogens (tertiary/aromatic N) is 1. The molecule has 2 aromatic carbocycles. The predicted molar refractivity (Wildman–Crippen MR) is 89.2 cm³/mol. The molecule has 0 radical (unpaired) electrons. The number of ketones is 1. The van der Waals surface area contributed by atoms with Crippen LogP contribution in [0.15, 0.2) is 48.7 Å². The lowest BCUT2D eigenvalue weighted by molar-refractivity contribution is -0.108. The van der Waals surface area contributed by atoms with Gasteiger partial charge in [0, 0.05) is 23.6 Å². The van der Waals surface area contributed by atoms with Crippen LogP contribution in [-0.4, -0.2) is 22.7 Å². The molecule has 0 bridgehead atoms. The number of rotatable bonds is 5. The minimum Gasteiger partial charge on any atom is -0.497 e. The molecule has 6 heteroatoms. The quantitative estimate of drug-likeness (QED) is 0.401. The van der Waals surface area contributed by atoms with E-state index < -0.39 is 11.0 Å². The average Bonchev–Trinajstić information content (AvgIpc) is 2.93. The highest BCUT2D eigenvalue weighted by Crippen LogP contribution is 2.27. The molecule has 0 N–H and O–H groups in total. The SMILES string of the molecule is COc1ccc2c(c1)c(C(=O)C(=O)Cl)cn2Cc1ccc(F)cc1. The molecular weight excluding hydrogens is 333 g/mol. The summed E-state index contributed by atoms with van der Waals surface area (Å²) in [4.78, 5) is 23.4. The Bertz CT molecular complexity index is 931. The van der Waals surface area contributed by atoms with Crippen molar-refractivity contribution in [1.82, 2.24) is 4.57 Å². The van der Waals surface area contributed by atoms with Crippen LogP contribution in [0, 0.1) is 5.82 Å². The number of carbonyl (C=O) groups is 2. The van der Waals surface area contributed by atoms with Gasteiger partial charge in [-0.1, -0.05) is 12.1 Å². The lowest BCUT2D eigenvalue weighted by Gasteiger charge is -2.06. The van der Waals surface area contributed by atoms with Crippen molar-refractivity contribution in [3.8, 4) is 5.75 Å². The number of halogens is 2. The van der Waals surface area contributed by atoms with Gasteiger partial charge in [-0.3, -0.25) is 9.59 Å². The topological polar surface area (TPSA) is 48.3 Å². The van der Waals surface area contributed by atoms with Crippen LogP contribution >= 0.6 is 11.6 Å². The maximum absolute atomic E-state index is 13.0. The molecule has 0 fully saturated rings. The Labute approximate surface area is 142 Å². The van der Waals surface area contributed by atoms with Crippen molar-refractivity contribution in [3.63, 3.8) is 0 Å². The van der Waals surface area contributed by atoms with E-state index in [1.54, 1.807) is 36.5 Å². The highest BCUT2D eigenvalue weighted by Gasteiger charge is 2.20. The fourth-order valence-electron chi connectivity index (χ4n) is 2.61. The van der Waals surface area contributed by atoms with Gasteiger partial charge in [-0.15, -0.1) is 0 Å². The molecule has 0 saturated heterocycles. The van der Waals surface area contributed by atoms with E-state index in [0.717, 1.165) is 11.1 Å². The predicted octanol–water partition coefficient (Wildman–Crippen LogP) is 3.79. The standard InChI is InChI=1S/C18H13ClFNO3/c1-24-13-6-7-16-14(8-13)15(17(22)18(19)23)10-21(16)9-11-2-4-12(20)5-3-11/h2-8,10H,9H2,1H3. The van der Waals surface area contributed by atoms with Crippen LogP contribution in [0.2, 0.25) is 0 Å². The summed E-state index contributed by atoms with van der Waals surface area (Å²) in [5.74, 6) is -0.518. The maximum atomic E-state index is 13.0. The normalized spacial score (nSPS) is 10.8. The van der Waals surface area contributed by atoms with E-state index in [9.17, 15) is 14.0 Å². The van der Waals surface area contributed by atoms with Crippen molar-refractivity contribution in [2.24, 2.45) is 0 Å². The summed E-state index contributed by atoms with van der Waals surface area (Å²) in [5, 5.41) is -0.464. The minimum atomic E-state index is -1.04. The van der Waals surface area contributed by atoms with Gasteiger partial charge in [-0.2, -0.15) is 0 Å². The maximum Gasteiger partial charge on any atom is 0.293 e. The molecule has 0 atom stereocenters. The summed E-state index contributed by atoms with van der Waals surface area (Å²) >= 11 is 5.35. The van der Waals surface area contributed by atoms with E-state index in [0.29, 0.717) is 17.7 Å². The smallest absolute Gasteiger partial charge is 0.293 e. The molecule has 1 heterocycles. The van der Waals surface area contributed by atoms with Crippen molar-refractivity contribution in [1.29, 1.82) is 0 Å². The Kier molecular flexibility index (Phi) is 4.36. The van der Waals surface area contributed by atoms with E-state index in [2.05, 4.69) is 0 Å². The van der Waals surface area contributed by atoms with Gasteiger partial charge < -0.3 is 9.30 Å². The fourth-order valence-corrected chi connectivity index (χ4v) is 2.71. The van der Waals surface area contributed by atoms with Gasteiger partial charge in [0.15, 0.2) is 0 Å². The molecule has 24 heavy (non-hydrogen) atoms. The highest BCUT2D eigenvalue weighted by atomic mass is 35.5. The van der Waals surface area contributed by atoms with E-state index in [-0.39, 0.29) is 11.4 Å². The van der Waals surface area contributed by atoms with Gasteiger partial charge in [0.2, 0.25) is 5.78 Å². The van der Waals surface area contributed by atoms with Crippen molar-refractivity contribution in [3.05, 3.63) is 65.6 Å². The van der Waals surface area contributed by atoms with Crippen molar-refractivity contribution in [2.45, 2.75) is 6.54 Å². The Balaban J connectivity index is 2.12. The van der Waals surface area contributed by atoms with Gasteiger partial charge in [0.05, 0.1) is 12.7 Å². The van der Waals surface area contributed by atoms with E-state index in [1.807, 2.05) is 4.57 Å². The number of methoxy groups -OCH3 is 1. The van der Waals surface area contributed by atoms with Gasteiger partial charge in [-0.05, 0) is 47.5 Å². The van der Waals surface area contributed by atoms with E-state index in [4.69, 9.17) is 16.3 Å². The molecule has 1 aromatic heterocycles. The van der Waals surface area contributed by atoms with E-state index in [1.165, 1.54) is 19.2 Å².